The number of carbonyl (C=O) groups is 2. The summed E-state index contributed by atoms with van der Waals surface area (Å²) in [7, 11) is 0. The number of aliphatic carboxylic acids is 1. The largest absolute Gasteiger partial charge is 0.480 e. The summed E-state index contributed by atoms with van der Waals surface area (Å²) in [5, 5.41) is 18.3. The van der Waals surface area contributed by atoms with E-state index >= 15 is 0 Å². The van der Waals surface area contributed by atoms with E-state index < -0.39 is 18.0 Å². The van der Waals surface area contributed by atoms with Crippen LogP contribution in [0.15, 0.2) is 12.4 Å². The number of amides is 2. The minimum atomic E-state index is -1.02. The van der Waals surface area contributed by atoms with Crippen LogP contribution in [0.25, 0.3) is 0 Å². The maximum absolute atomic E-state index is 11.7. The van der Waals surface area contributed by atoms with Gasteiger partial charge >= 0.3 is 12.0 Å². The summed E-state index contributed by atoms with van der Waals surface area (Å²) in [6, 6.07) is -1.34. The van der Waals surface area contributed by atoms with Crippen LogP contribution in [0.4, 0.5) is 4.79 Å². The van der Waals surface area contributed by atoms with Crippen LogP contribution in [0, 0.1) is 12.8 Å². The summed E-state index contributed by atoms with van der Waals surface area (Å²) < 4.78 is 1.72. The number of aryl methyl sites for hydroxylation is 1. The van der Waals surface area contributed by atoms with E-state index in [2.05, 4.69) is 15.7 Å². The molecular weight excluding hydrogens is 260 g/mol. The van der Waals surface area contributed by atoms with Crippen LogP contribution in [0.2, 0.25) is 0 Å². The molecular formula is C13H22N4O3. The van der Waals surface area contributed by atoms with E-state index in [1.165, 1.54) is 0 Å². The molecule has 1 unspecified atom stereocenters. The molecule has 0 aliphatic carbocycles. The molecule has 0 radical (unpaired) electrons. The van der Waals surface area contributed by atoms with Crippen LogP contribution >= 0.6 is 0 Å². The monoisotopic (exact) mass is 282 g/mol. The van der Waals surface area contributed by atoms with Gasteiger partial charge in [-0.05, 0) is 18.4 Å². The molecule has 7 heteroatoms. The van der Waals surface area contributed by atoms with Gasteiger partial charge in [0.2, 0.25) is 0 Å². The van der Waals surface area contributed by atoms with Gasteiger partial charge in [0.15, 0.2) is 0 Å². The van der Waals surface area contributed by atoms with Gasteiger partial charge in [0, 0.05) is 12.7 Å². The minimum absolute atomic E-state index is 0.119. The molecule has 0 aliphatic heterocycles. The number of carboxylic acids is 1. The first-order chi connectivity index (χ1) is 9.43. The molecule has 3 N–H and O–H groups in total. The molecule has 2 amide bonds. The molecule has 7 nitrogen and oxygen atoms in total. The average molecular weight is 282 g/mol. The Hall–Kier alpha value is -2.05. The van der Waals surface area contributed by atoms with Crippen molar-refractivity contribution in [2.75, 3.05) is 6.54 Å². The van der Waals surface area contributed by atoms with Crippen molar-refractivity contribution in [3.63, 3.8) is 0 Å². The third-order valence-electron chi connectivity index (χ3n) is 3.15. The summed E-state index contributed by atoms with van der Waals surface area (Å²) in [5.41, 5.74) is 1.05. The Balaban J connectivity index is 2.36. The van der Waals surface area contributed by atoms with Crippen molar-refractivity contribution in [1.82, 2.24) is 20.4 Å². The van der Waals surface area contributed by atoms with Crippen LogP contribution in [-0.2, 0) is 11.3 Å². The highest BCUT2D eigenvalue weighted by Gasteiger charge is 2.24. The fourth-order valence-electron chi connectivity index (χ4n) is 1.75. The summed E-state index contributed by atoms with van der Waals surface area (Å²) >= 11 is 0. The van der Waals surface area contributed by atoms with Gasteiger partial charge in [-0.15, -0.1) is 0 Å². The molecule has 1 aromatic rings. The second kappa shape index (κ2) is 7.52. The first kappa shape index (κ1) is 16.0. The first-order valence-electron chi connectivity index (χ1n) is 6.70. The molecule has 1 heterocycles. The lowest BCUT2D eigenvalue weighted by Gasteiger charge is -2.20. The number of nitrogens with zero attached hydrogens (tertiary/aromatic N) is 2. The van der Waals surface area contributed by atoms with Crippen molar-refractivity contribution in [2.45, 2.75) is 39.8 Å². The fourth-order valence-corrected chi connectivity index (χ4v) is 1.75. The Morgan fingerprint density at radius 2 is 2.20 bits per heavy atom. The molecule has 0 aromatic carbocycles. The smallest absolute Gasteiger partial charge is 0.326 e. The molecule has 0 fully saturated rings. The summed E-state index contributed by atoms with van der Waals surface area (Å²) in [5.74, 6) is -1.13. The number of nitrogens with one attached hydrogen (secondary N) is 2. The van der Waals surface area contributed by atoms with Gasteiger partial charge in [0.1, 0.15) is 6.04 Å². The molecule has 2 atom stereocenters. The molecule has 0 bridgehead atoms. The minimum Gasteiger partial charge on any atom is -0.480 e. The topological polar surface area (TPSA) is 96.3 Å². The van der Waals surface area contributed by atoms with Crippen molar-refractivity contribution < 1.29 is 14.7 Å². The van der Waals surface area contributed by atoms with Gasteiger partial charge in [0.25, 0.3) is 0 Å². The van der Waals surface area contributed by atoms with Crippen molar-refractivity contribution in [1.29, 1.82) is 0 Å². The van der Waals surface area contributed by atoms with Crippen molar-refractivity contribution in [3.05, 3.63) is 18.0 Å². The Morgan fingerprint density at radius 3 is 2.70 bits per heavy atom. The zero-order chi connectivity index (χ0) is 15.1. The molecule has 0 saturated heterocycles. The van der Waals surface area contributed by atoms with E-state index in [0.29, 0.717) is 19.5 Å². The molecule has 1 aromatic heterocycles. The Labute approximate surface area is 118 Å². The third-order valence-corrected chi connectivity index (χ3v) is 3.15. The first-order valence-corrected chi connectivity index (χ1v) is 6.70. The second-order valence-electron chi connectivity index (χ2n) is 4.88. The van der Waals surface area contributed by atoms with E-state index in [-0.39, 0.29) is 5.92 Å². The summed E-state index contributed by atoms with van der Waals surface area (Å²) in [6.45, 7) is 6.56. The quantitative estimate of drug-likeness (QED) is 0.695. The number of urea groups is 1. The molecule has 0 aliphatic rings. The van der Waals surface area contributed by atoms with Crippen LogP contribution in [0.1, 0.15) is 25.8 Å². The lowest BCUT2D eigenvalue weighted by Crippen LogP contribution is -2.49. The molecule has 0 spiro atoms. The molecule has 1 rings (SSSR count). The van der Waals surface area contributed by atoms with Gasteiger partial charge in [-0.25, -0.2) is 9.59 Å². The van der Waals surface area contributed by atoms with Gasteiger partial charge < -0.3 is 15.7 Å². The van der Waals surface area contributed by atoms with E-state index in [0.717, 1.165) is 5.56 Å². The zero-order valence-electron chi connectivity index (χ0n) is 12.1. The summed E-state index contributed by atoms with van der Waals surface area (Å²) in [4.78, 5) is 22.7. The highest BCUT2D eigenvalue weighted by molar-refractivity contribution is 5.82. The average Bonchev–Trinajstić information content (AvgIpc) is 2.80. The van der Waals surface area contributed by atoms with Gasteiger partial charge in [-0.2, -0.15) is 5.10 Å². The summed E-state index contributed by atoms with van der Waals surface area (Å²) in [6.07, 6.45) is 4.30. The number of aromatic nitrogens is 2. The Morgan fingerprint density at radius 1 is 1.50 bits per heavy atom. The number of hydrogen-bond acceptors (Lipinski definition) is 3. The van der Waals surface area contributed by atoms with Crippen molar-refractivity contribution >= 4 is 12.0 Å². The van der Waals surface area contributed by atoms with E-state index in [4.69, 9.17) is 5.11 Å². The van der Waals surface area contributed by atoms with Crippen LogP contribution < -0.4 is 10.6 Å². The lowest BCUT2D eigenvalue weighted by molar-refractivity contribution is -0.140. The van der Waals surface area contributed by atoms with Crippen molar-refractivity contribution in [2.24, 2.45) is 5.92 Å². The van der Waals surface area contributed by atoms with Crippen LogP contribution in [0.5, 0.6) is 0 Å². The molecule has 0 saturated carbocycles. The molecule has 20 heavy (non-hydrogen) atoms. The van der Waals surface area contributed by atoms with E-state index in [1.54, 1.807) is 17.8 Å². The maximum Gasteiger partial charge on any atom is 0.326 e. The predicted molar refractivity (Wildman–Crippen MR) is 74.4 cm³/mol. The van der Waals surface area contributed by atoms with Gasteiger partial charge in [-0.1, -0.05) is 20.3 Å². The standard InChI is InChI=1S/C13H22N4O3/c1-4-10(3)11(12(18)19)16-13(20)14-5-6-17-8-9(2)7-15-17/h7-8,10-11H,4-6H2,1-3H3,(H,18,19)(H2,14,16,20)/t10?,11-/m0/s1. The number of hydrogen-bond donors (Lipinski definition) is 3. The van der Waals surface area contributed by atoms with Gasteiger partial charge in [0.05, 0.1) is 12.7 Å². The fraction of sp³-hybridized carbons (Fsp3) is 0.615. The highest BCUT2D eigenvalue weighted by atomic mass is 16.4. The van der Waals surface area contributed by atoms with Gasteiger partial charge in [-0.3, -0.25) is 4.68 Å². The molecule has 112 valence electrons. The predicted octanol–water partition coefficient (Wildman–Crippen LogP) is 0.990. The number of rotatable bonds is 7. The third kappa shape index (κ3) is 4.91. The Kier molecular flexibility index (Phi) is 6.02. The van der Waals surface area contributed by atoms with Crippen LogP contribution in [-0.4, -0.2) is 39.5 Å². The van der Waals surface area contributed by atoms with E-state index in [1.807, 2.05) is 20.0 Å². The number of carbonyl (C=O) groups excluding carboxylic acids is 1. The Bertz CT molecular complexity index is 458. The maximum atomic E-state index is 11.7. The lowest BCUT2D eigenvalue weighted by atomic mass is 9.99. The van der Waals surface area contributed by atoms with Crippen LogP contribution in [0.3, 0.4) is 0 Å². The normalized spacial score (nSPS) is 13.6. The SMILES string of the molecule is CCC(C)[C@H](NC(=O)NCCn1cc(C)cn1)C(=O)O. The zero-order valence-corrected chi connectivity index (χ0v) is 12.1. The number of carboxylic acid groups (broad SMARTS) is 1. The van der Waals surface area contributed by atoms with Crippen molar-refractivity contribution in [3.8, 4) is 0 Å². The highest BCUT2D eigenvalue weighted by Crippen LogP contribution is 2.07. The second-order valence-corrected chi connectivity index (χ2v) is 4.88. The van der Waals surface area contributed by atoms with E-state index in [9.17, 15) is 9.59 Å².